The molecule has 1 N–H and O–H groups in total. The van der Waals surface area contributed by atoms with Crippen LogP contribution in [-0.4, -0.2) is 72.0 Å². The second-order valence-corrected chi connectivity index (χ2v) is 7.05. The van der Waals surface area contributed by atoms with Gasteiger partial charge in [-0.3, -0.25) is 0 Å². The number of alkyl halides is 14. The molecular weight excluding hydrogens is 486 g/mol. The van der Waals surface area contributed by atoms with E-state index in [0.717, 1.165) is 0 Å². The molecule has 0 aromatic carbocycles. The molecule has 0 amide bonds. The standard InChI is InChI=1S/C13H14F14O2S/c14-8(10(16,17)18,11(19,20)21)1-3-29-5-7(28)6-30-4-2-9(15,12(22,23)24)13(25,26)27/h7,28H,1-6H2. The zero-order valence-corrected chi connectivity index (χ0v) is 15.2. The first-order valence-electron chi connectivity index (χ1n) is 7.58. The Labute approximate surface area is 163 Å². The number of rotatable bonds is 10. The van der Waals surface area contributed by atoms with Gasteiger partial charge in [0.25, 0.3) is 5.67 Å². The van der Waals surface area contributed by atoms with Gasteiger partial charge >= 0.3 is 30.4 Å². The summed E-state index contributed by atoms with van der Waals surface area (Å²) in [6.07, 6.45) is -31.2. The molecule has 0 heterocycles. The minimum absolute atomic E-state index is 0.188. The molecule has 0 aliphatic heterocycles. The van der Waals surface area contributed by atoms with E-state index in [1.165, 1.54) is 0 Å². The number of aliphatic hydroxyl groups excluding tert-OH is 1. The monoisotopic (exact) mass is 500 g/mol. The van der Waals surface area contributed by atoms with E-state index >= 15 is 0 Å². The van der Waals surface area contributed by atoms with Crippen LogP contribution in [0.1, 0.15) is 12.8 Å². The summed E-state index contributed by atoms with van der Waals surface area (Å²) in [4.78, 5) is 0. The van der Waals surface area contributed by atoms with Crippen LogP contribution in [-0.2, 0) is 4.74 Å². The first-order valence-corrected chi connectivity index (χ1v) is 8.74. The highest BCUT2D eigenvalue weighted by atomic mass is 32.2. The van der Waals surface area contributed by atoms with Crippen LogP contribution >= 0.6 is 11.8 Å². The van der Waals surface area contributed by atoms with Crippen molar-refractivity contribution in [1.29, 1.82) is 0 Å². The highest BCUT2D eigenvalue weighted by molar-refractivity contribution is 7.99. The lowest BCUT2D eigenvalue weighted by Gasteiger charge is -2.30. The number of halogens is 14. The normalized spacial score (nSPS) is 16.1. The SMILES string of the molecule is OC(COCCC(F)(C(F)(F)F)C(F)(F)F)CSCCC(F)(C(F)(F)F)C(F)(F)F. The van der Waals surface area contributed by atoms with Crippen LogP contribution < -0.4 is 0 Å². The van der Waals surface area contributed by atoms with Crippen LogP contribution in [0, 0.1) is 0 Å². The lowest BCUT2D eigenvalue weighted by atomic mass is 10.0. The van der Waals surface area contributed by atoms with Gasteiger partial charge in [0.2, 0.25) is 0 Å². The molecule has 0 fully saturated rings. The third-order valence-corrected chi connectivity index (χ3v) is 4.71. The Morgan fingerprint density at radius 3 is 1.37 bits per heavy atom. The average molecular weight is 500 g/mol. The fraction of sp³-hybridized carbons (Fsp3) is 1.00. The second kappa shape index (κ2) is 9.83. The third-order valence-electron chi connectivity index (χ3n) is 3.60. The maximum atomic E-state index is 13.3. The molecule has 0 aliphatic rings. The summed E-state index contributed by atoms with van der Waals surface area (Å²) in [7, 11) is 0. The van der Waals surface area contributed by atoms with Gasteiger partial charge in [0.15, 0.2) is 0 Å². The van der Waals surface area contributed by atoms with Crippen LogP contribution in [0.15, 0.2) is 0 Å². The van der Waals surface area contributed by atoms with Gasteiger partial charge in [-0.25, -0.2) is 8.78 Å². The third kappa shape index (κ3) is 7.17. The maximum absolute atomic E-state index is 13.3. The van der Waals surface area contributed by atoms with Crippen LogP contribution in [0.25, 0.3) is 0 Å². The number of hydrogen-bond donors (Lipinski definition) is 1. The Kier molecular flexibility index (Phi) is 9.60. The first-order chi connectivity index (χ1) is 13.1. The van der Waals surface area contributed by atoms with Gasteiger partial charge in [-0.2, -0.15) is 64.4 Å². The van der Waals surface area contributed by atoms with Crippen LogP contribution in [0.2, 0.25) is 0 Å². The Morgan fingerprint density at radius 1 is 0.633 bits per heavy atom. The van der Waals surface area contributed by atoms with Crippen LogP contribution in [0.3, 0.4) is 0 Å². The van der Waals surface area contributed by atoms with E-state index in [1.54, 1.807) is 0 Å². The van der Waals surface area contributed by atoms with E-state index in [0.29, 0.717) is 0 Å². The van der Waals surface area contributed by atoms with E-state index in [2.05, 4.69) is 4.74 Å². The highest BCUT2D eigenvalue weighted by Gasteiger charge is 2.72. The maximum Gasteiger partial charge on any atom is 0.431 e. The van der Waals surface area contributed by atoms with E-state index in [-0.39, 0.29) is 11.8 Å². The van der Waals surface area contributed by atoms with Crippen molar-refractivity contribution in [3.63, 3.8) is 0 Å². The second-order valence-electron chi connectivity index (χ2n) is 5.90. The van der Waals surface area contributed by atoms with E-state index in [4.69, 9.17) is 0 Å². The van der Waals surface area contributed by atoms with Crippen molar-refractivity contribution in [3.05, 3.63) is 0 Å². The molecule has 0 rings (SSSR count). The van der Waals surface area contributed by atoms with Crippen molar-refractivity contribution < 1.29 is 71.3 Å². The highest BCUT2D eigenvalue weighted by Crippen LogP contribution is 2.49. The molecule has 0 bridgehead atoms. The topological polar surface area (TPSA) is 29.5 Å². The molecule has 0 aliphatic carbocycles. The van der Waals surface area contributed by atoms with Crippen molar-refractivity contribution in [3.8, 4) is 0 Å². The molecule has 0 radical (unpaired) electrons. The molecule has 182 valence electrons. The average Bonchev–Trinajstić information content (AvgIpc) is 2.50. The molecule has 0 saturated heterocycles. The van der Waals surface area contributed by atoms with Gasteiger partial charge in [0, 0.05) is 18.6 Å². The van der Waals surface area contributed by atoms with Gasteiger partial charge in [-0.15, -0.1) is 0 Å². The largest absolute Gasteiger partial charge is 0.431 e. The summed E-state index contributed by atoms with van der Waals surface area (Å²) in [6.45, 7) is -2.47. The summed E-state index contributed by atoms with van der Waals surface area (Å²) in [5.41, 5.74) is -11.1. The van der Waals surface area contributed by atoms with Crippen molar-refractivity contribution in [1.82, 2.24) is 0 Å². The summed E-state index contributed by atoms with van der Waals surface area (Å²) >= 11 is 0.188. The number of ether oxygens (including phenoxy) is 1. The first kappa shape index (κ1) is 29.3. The van der Waals surface area contributed by atoms with E-state index in [9.17, 15) is 66.6 Å². The summed E-state index contributed by atoms with van der Waals surface area (Å²) in [6, 6.07) is 0. The molecule has 0 aromatic rings. The van der Waals surface area contributed by atoms with Crippen molar-refractivity contribution in [2.75, 3.05) is 24.7 Å². The van der Waals surface area contributed by atoms with Gasteiger partial charge in [0.1, 0.15) is 0 Å². The van der Waals surface area contributed by atoms with Gasteiger partial charge in [-0.05, 0) is 5.75 Å². The Morgan fingerprint density at radius 2 is 1.00 bits per heavy atom. The number of aliphatic hydroxyl groups is 1. The molecule has 0 aromatic heterocycles. The molecule has 0 saturated carbocycles. The Balaban J connectivity index is 4.48. The number of thioether (sulfide) groups is 1. The molecule has 0 spiro atoms. The van der Waals surface area contributed by atoms with Crippen molar-refractivity contribution >= 4 is 11.8 Å². The smallest absolute Gasteiger partial charge is 0.390 e. The van der Waals surface area contributed by atoms with Gasteiger partial charge in [0.05, 0.1) is 19.3 Å². The lowest BCUT2D eigenvalue weighted by Crippen LogP contribution is -2.53. The van der Waals surface area contributed by atoms with Crippen LogP contribution in [0.5, 0.6) is 0 Å². The zero-order valence-electron chi connectivity index (χ0n) is 14.4. The van der Waals surface area contributed by atoms with E-state index < -0.39 is 79.7 Å². The van der Waals surface area contributed by atoms with Crippen molar-refractivity contribution in [2.45, 2.75) is 55.0 Å². The molecular formula is C13H14F14O2S. The van der Waals surface area contributed by atoms with Crippen molar-refractivity contribution in [2.24, 2.45) is 0 Å². The molecule has 17 heteroatoms. The minimum Gasteiger partial charge on any atom is -0.390 e. The molecule has 1 unspecified atom stereocenters. The molecule has 2 nitrogen and oxygen atoms in total. The van der Waals surface area contributed by atoms with Gasteiger partial charge < -0.3 is 9.84 Å². The molecule has 1 atom stereocenters. The zero-order chi connectivity index (χ0) is 24.2. The van der Waals surface area contributed by atoms with E-state index in [1.807, 2.05) is 0 Å². The fourth-order valence-electron chi connectivity index (χ4n) is 1.80. The summed E-state index contributed by atoms with van der Waals surface area (Å²) in [5, 5.41) is 9.33. The Bertz CT molecular complexity index is 450. The summed E-state index contributed by atoms with van der Waals surface area (Å²) in [5.74, 6) is -1.78. The predicted molar refractivity (Wildman–Crippen MR) is 75.3 cm³/mol. The molecule has 30 heavy (non-hydrogen) atoms. The van der Waals surface area contributed by atoms with Gasteiger partial charge in [-0.1, -0.05) is 0 Å². The number of hydrogen-bond acceptors (Lipinski definition) is 3. The predicted octanol–water partition coefficient (Wildman–Crippen LogP) is 5.54. The Hall–Kier alpha value is -0.710. The van der Waals surface area contributed by atoms with Crippen LogP contribution in [0.4, 0.5) is 61.5 Å². The quantitative estimate of drug-likeness (QED) is 0.316. The summed E-state index contributed by atoms with van der Waals surface area (Å²) < 4.78 is 178. The minimum atomic E-state index is -6.31. The fourth-order valence-corrected chi connectivity index (χ4v) is 2.76. The lowest BCUT2D eigenvalue weighted by molar-refractivity contribution is -0.345.